The van der Waals surface area contributed by atoms with Gasteiger partial charge < -0.3 is 10.6 Å². The minimum absolute atomic E-state index is 0.235. The van der Waals surface area contributed by atoms with E-state index in [0.29, 0.717) is 6.42 Å². The van der Waals surface area contributed by atoms with Crippen LogP contribution in [0, 0.1) is 13.8 Å². The van der Waals surface area contributed by atoms with Crippen molar-refractivity contribution in [1.82, 2.24) is 0 Å². The van der Waals surface area contributed by atoms with Gasteiger partial charge in [0, 0.05) is 18.7 Å². The summed E-state index contributed by atoms with van der Waals surface area (Å²) in [5, 5.41) is 0. The number of rotatable bonds is 1. The summed E-state index contributed by atoms with van der Waals surface area (Å²) < 4.78 is 0. The van der Waals surface area contributed by atoms with Gasteiger partial charge in [-0.05, 0) is 43.9 Å². The molecule has 1 aliphatic heterocycles. The van der Waals surface area contributed by atoms with Crippen LogP contribution < -0.4 is 10.6 Å². The zero-order chi connectivity index (χ0) is 12.4. The summed E-state index contributed by atoms with van der Waals surface area (Å²) in [7, 11) is 0. The highest BCUT2D eigenvalue weighted by molar-refractivity contribution is 5.96. The number of amides is 1. The molecule has 1 saturated heterocycles. The van der Waals surface area contributed by atoms with Crippen LogP contribution in [0.1, 0.15) is 36.8 Å². The molecule has 0 saturated carbocycles. The molecule has 1 fully saturated rings. The molecule has 3 heteroatoms. The predicted molar refractivity (Wildman–Crippen MR) is 71.1 cm³/mol. The van der Waals surface area contributed by atoms with E-state index in [2.05, 4.69) is 0 Å². The first-order chi connectivity index (χ1) is 8.11. The predicted octanol–water partition coefficient (Wildman–Crippen LogP) is 2.79. The molecule has 0 aliphatic carbocycles. The van der Waals surface area contributed by atoms with Gasteiger partial charge in [-0.15, -0.1) is 0 Å². The largest absolute Gasteiger partial charge is 0.398 e. The molecule has 1 aromatic rings. The van der Waals surface area contributed by atoms with Crippen molar-refractivity contribution >= 4 is 17.3 Å². The van der Waals surface area contributed by atoms with Crippen molar-refractivity contribution in [2.75, 3.05) is 17.2 Å². The molecule has 0 spiro atoms. The van der Waals surface area contributed by atoms with Crippen LogP contribution in [0.2, 0.25) is 0 Å². The third-order valence-electron chi connectivity index (χ3n) is 3.52. The molecular formula is C14H20N2O. The van der Waals surface area contributed by atoms with Crippen molar-refractivity contribution in [3.8, 4) is 0 Å². The van der Waals surface area contributed by atoms with Crippen molar-refractivity contribution in [3.05, 3.63) is 23.3 Å². The van der Waals surface area contributed by atoms with Gasteiger partial charge in [-0.2, -0.15) is 0 Å². The van der Waals surface area contributed by atoms with Gasteiger partial charge in [0.05, 0.1) is 5.69 Å². The SMILES string of the molecule is Cc1ccc(N)c(C)c1N1CCCCCC1=O. The van der Waals surface area contributed by atoms with Gasteiger partial charge in [-0.1, -0.05) is 12.5 Å². The lowest BCUT2D eigenvalue weighted by Crippen LogP contribution is -2.31. The molecule has 0 radical (unpaired) electrons. The Morgan fingerprint density at radius 2 is 1.94 bits per heavy atom. The highest BCUT2D eigenvalue weighted by Gasteiger charge is 2.21. The first-order valence-corrected chi connectivity index (χ1v) is 6.27. The summed E-state index contributed by atoms with van der Waals surface area (Å²) in [6.07, 6.45) is 3.89. The van der Waals surface area contributed by atoms with Crippen LogP contribution in [0.15, 0.2) is 12.1 Å². The lowest BCUT2D eigenvalue weighted by atomic mass is 10.1. The maximum Gasteiger partial charge on any atom is 0.226 e. The number of benzene rings is 1. The number of anilines is 2. The average molecular weight is 232 g/mol. The fraction of sp³-hybridized carbons (Fsp3) is 0.500. The zero-order valence-corrected chi connectivity index (χ0v) is 10.6. The summed E-state index contributed by atoms with van der Waals surface area (Å²) in [4.78, 5) is 14.0. The highest BCUT2D eigenvalue weighted by Crippen LogP contribution is 2.31. The molecule has 0 bridgehead atoms. The molecule has 0 atom stereocenters. The number of hydrogen-bond donors (Lipinski definition) is 1. The van der Waals surface area contributed by atoms with E-state index in [1.54, 1.807) is 0 Å². The first-order valence-electron chi connectivity index (χ1n) is 6.27. The monoisotopic (exact) mass is 232 g/mol. The van der Waals surface area contributed by atoms with Crippen molar-refractivity contribution in [2.45, 2.75) is 39.5 Å². The Morgan fingerprint density at radius 3 is 2.71 bits per heavy atom. The van der Waals surface area contributed by atoms with Crippen molar-refractivity contribution in [1.29, 1.82) is 0 Å². The van der Waals surface area contributed by atoms with E-state index in [1.807, 2.05) is 30.9 Å². The zero-order valence-electron chi connectivity index (χ0n) is 10.6. The molecule has 0 aromatic heterocycles. The fourth-order valence-electron chi connectivity index (χ4n) is 2.49. The molecule has 2 N–H and O–H groups in total. The Morgan fingerprint density at radius 1 is 1.18 bits per heavy atom. The quantitative estimate of drug-likeness (QED) is 0.757. The number of carbonyl (C=O) groups excluding carboxylic acids is 1. The molecule has 92 valence electrons. The van der Waals surface area contributed by atoms with Gasteiger partial charge in [0.2, 0.25) is 5.91 Å². The molecule has 1 heterocycles. The summed E-state index contributed by atoms with van der Waals surface area (Å²) >= 11 is 0. The van der Waals surface area contributed by atoms with E-state index >= 15 is 0 Å². The molecular weight excluding hydrogens is 212 g/mol. The summed E-state index contributed by atoms with van der Waals surface area (Å²) in [6, 6.07) is 3.91. The topological polar surface area (TPSA) is 46.3 Å². The number of nitrogens with two attached hydrogens (primary N) is 1. The van der Waals surface area contributed by atoms with Crippen LogP contribution in [-0.4, -0.2) is 12.5 Å². The second kappa shape index (κ2) is 4.78. The number of hydrogen-bond acceptors (Lipinski definition) is 2. The molecule has 3 nitrogen and oxygen atoms in total. The maximum atomic E-state index is 12.1. The van der Waals surface area contributed by atoms with Crippen molar-refractivity contribution in [2.24, 2.45) is 0 Å². The highest BCUT2D eigenvalue weighted by atomic mass is 16.2. The van der Waals surface area contributed by atoms with Crippen LogP contribution >= 0.6 is 0 Å². The molecule has 0 unspecified atom stereocenters. The van der Waals surface area contributed by atoms with Crippen molar-refractivity contribution in [3.63, 3.8) is 0 Å². The van der Waals surface area contributed by atoms with E-state index < -0.39 is 0 Å². The standard InChI is InChI=1S/C14H20N2O/c1-10-7-8-12(15)11(2)14(10)16-9-5-3-4-6-13(16)17/h7-8H,3-6,9,15H2,1-2H3. The first kappa shape index (κ1) is 12.0. The van der Waals surface area contributed by atoms with E-state index in [9.17, 15) is 4.79 Å². The van der Waals surface area contributed by atoms with Gasteiger partial charge in [-0.25, -0.2) is 0 Å². The minimum Gasteiger partial charge on any atom is -0.398 e. The molecule has 1 aromatic carbocycles. The van der Waals surface area contributed by atoms with Gasteiger partial charge in [-0.3, -0.25) is 4.79 Å². The van der Waals surface area contributed by atoms with Crippen LogP contribution in [0.3, 0.4) is 0 Å². The van der Waals surface area contributed by atoms with Crippen LogP contribution in [-0.2, 0) is 4.79 Å². The van der Waals surface area contributed by atoms with Gasteiger partial charge in [0.25, 0.3) is 0 Å². The minimum atomic E-state index is 0.235. The number of aryl methyl sites for hydroxylation is 1. The summed E-state index contributed by atoms with van der Waals surface area (Å²) in [6.45, 7) is 4.86. The Hall–Kier alpha value is -1.51. The third-order valence-corrected chi connectivity index (χ3v) is 3.52. The van der Waals surface area contributed by atoms with Gasteiger partial charge >= 0.3 is 0 Å². The molecule has 2 rings (SSSR count). The number of carbonyl (C=O) groups is 1. The van der Waals surface area contributed by atoms with Crippen LogP contribution in [0.25, 0.3) is 0 Å². The Kier molecular flexibility index (Phi) is 3.36. The van der Waals surface area contributed by atoms with E-state index in [-0.39, 0.29) is 5.91 Å². The molecule has 1 amide bonds. The fourth-order valence-corrected chi connectivity index (χ4v) is 2.49. The van der Waals surface area contributed by atoms with E-state index in [4.69, 9.17) is 5.73 Å². The van der Waals surface area contributed by atoms with Gasteiger partial charge in [0.1, 0.15) is 0 Å². The van der Waals surface area contributed by atoms with Crippen LogP contribution in [0.5, 0.6) is 0 Å². The normalized spacial score (nSPS) is 17.1. The van der Waals surface area contributed by atoms with E-state index in [1.165, 1.54) is 0 Å². The van der Waals surface area contributed by atoms with E-state index in [0.717, 1.165) is 48.3 Å². The summed E-state index contributed by atoms with van der Waals surface area (Å²) in [5.74, 6) is 0.235. The second-order valence-electron chi connectivity index (χ2n) is 4.80. The lowest BCUT2D eigenvalue weighted by molar-refractivity contribution is -0.118. The Balaban J connectivity index is 2.44. The Labute approximate surface area is 103 Å². The smallest absolute Gasteiger partial charge is 0.226 e. The summed E-state index contributed by atoms with van der Waals surface area (Å²) in [5.41, 5.74) is 9.89. The molecule has 17 heavy (non-hydrogen) atoms. The van der Waals surface area contributed by atoms with Crippen LogP contribution in [0.4, 0.5) is 11.4 Å². The Bertz CT molecular complexity index is 440. The molecule has 1 aliphatic rings. The van der Waals surface area contributed by atoms with Gasteiger partial charge in [0.15, 0.2) is 0 Å². The average Bonchev–Trinajstić information content (AvgIpc) is 2.50. The maximum absolute atomic E-state index is 12.1. The second-order valence-corrected chi connectivity index (χ2v) is 4.80. The number of nitrogens with zero attached hydrogens (tertiary/aromatic N) is 1. The number of nitrogen functional groups attached to an aromatic ring is 1. The third kappa shape index (κ3) is 2.28. The van der Waals surface area contributed by atoms with Crippen molar-refractivity contribution < 1.29 is 4.79 Å². The lowest BCUT2D eigenvalue weighted by Gasteiger charge is -2.25.